The van der Waals surface area contributed by atoms with E-state index >= 15 is 0 Å². The van der Waals surface area contributed by atoms with Gasteiger partial charge in [0.05, 0.1) is 10.5 Å². The molecule has 0 saturated heterocycles. The van der Waals surface area contributed by atoms with Crippen molar-refractivity contribution >= 4 is 34.0 Å². The minimum atomic E-state index is -0.469. The molecule has 0 amide bonds. The highest BCUT2D eigenvalue weighted by Crippen LogP contribution is 2.37. The van der Waals surface area contributed by atoms with Crippen molar-refractivity contribution < 1.29 is 13.9 Å². The molecule has 0 fully saturated rings. The Morgan fingerprint density at radius 3 is 2.73 bits per heavy atom. The lowest BCUT2D eigenvalue weighted by Gasteiger charge is -2.09. The fraction of sp³-hybridized carbons (Fsp3) is 0.0667. The second-order valence-corrected chi connectivity index (χ2v) is 5.11. The zero-order valence-electron chi connectivity index (χ0n) is 11.1. The van der Waals surface area contributed by atoms with Crippen LogP contribution in [0.1, 0.15) is 0 Å². The highest BCUT2D eigenvalue weighted by Gasteiger charge is 2.16. The second-order valence-electron chi connectivity index (χ2n) is 4.70. The van der Waals surface area contributed by atoms with Crippen LogP contribution in [0, 0.1) is 5.82 Å². The average Bonchev–Trinajstić information content (AvgIpc) is 2.96. The molecule has 0 unspecified atom stereocenters. The van der Waals surface area contributed by atoms with Crippen molar-refractivity contribution in [3.8, 4) is 11.5 Å². The van der Waals surface area contributed by atoms with Crippen molar-refractivity contribution in [1.82, 2.24) is 9.97 Å². The Bertz CT molecular complexity index is 888. The molecule has 2 aromatic carbocycles. The van der Waals surface area contributed by atoms with Crippen molar-refractivity contribution in [2.24, 2.45) is 0 Å². The molecule has 110 valence electrons. The summed E-state index contributed by atoms with van der Waals surface area (Å²) < 4.78 is 23.9. The van der Waals surface area contributed by atoms with Crippen molar-refractivity contribution in [2.75, 3.05) is 12.1 Å². The summed E-state index contributed by atoms with van der Waals surface area (Å²) in [5, 5.41) is 3.92. The fourth-order valence-corrected chi connectivity index (χ4v) is 2.44. The van der Waals surface area contributed by atoms with Crippen LogP contribution in [0.15, 0.2) is 36.7 Å². The van der Waals surface area contributed by atoms with Gasteiger partial charge in [-0.1, -0.05) is 11.6 Å². The predicted octanol–water partition coefficient (Wildman–Crippen LogP) is 3.89. The summed E-state index contributed by atoms with van der Waals surface area (Å²) in [6.07, 6.45) is 1.44. The van der Waals surface area contributed by atoms with Gasteiger partial charge in [0, 0.05) is 17.1 Å². The van der Waals surface area contributed by atoms with Gasteiger partial charge in [-0.3, -0.25) is 0 Å². The molecule has 0 atom stereocenters. The number of halogens is 2. The first kappa shape index (κ1) is 13.1. The minimum absolute atomic E-state index is 0.0426. The molecule has 1 aromatic heterocycles. The number of hydrogen-bond acceptors (Lipinski definition) is 5. The summed E-state index contributed by atoms with van der Waals surface area (Å²) >= 11 is 5.79. The summed E-state index contributed by atoms with van der Waals surface area (Å²) in [7, 11) is 0. The highest BCUT2D eigenvalue weighted by molar-refractivity contribution is 6.31. The van der Waals surface area contributed by atoms with E-state index in [2.05, 4.69) is 15.3 Å². The maximum absolute atomic E-state index is 13.2. The molecule has 4 rings (SSSR count). The van der Waals surface area contributed by atoms with Crippen LogP contribution in [-0.4, -0.2) is 16.8 Å². The lowest BCUT2D eigenvalue weighted by atomic mass is 10.2. The molecule has 3 aromatic rings. The van der Waals surface area contributed by atoms with Gasteiger partial charge in [-0.05, 0) is 24.3 Å². The number of ether oxygens (including phenoxy) is 2. The molecule has 0 aliphatic carbocycles. The van der Waals surface area contributed by atoms with Gasteiger partial charge < -0.3 is 14.8 Å². The highest BCUT2D eigenvalue weighted by atomic mass is 35.5. The third kappa shape index (κ3) is 2.17. The standard InChI is InChI=1S/C15H9ClFN3O2/c16-10-3-8(1-2-11(10)17)20-15-9-4-13-14(22-7-21-13)5-12(9)18-6-19-15/h1-6H,7H2,(H,18,19,20). The summed E-state index contributed by atoms with van der Waals surface area (Å²) in [5.41, 5.74) is 1.35. The van der Waals surface area contributed by atoms with E-state index in [0.717, 1.165) is 10.9 Å². The first-order chi connectivity index (χ1) is 10.7. The van der Waals surface area contributed by atoms with Gasteiger partial charge >= 0.3 is 0 Å². The maximum atomic E-state index is 13.2. The van der Waals surface area contributed by atoms with Crippen LogP contribution in [0.3, 0.4) is 0 Å². The van der Waals surface area contributed by atoms with Gasteiger partial charge in [0.2, 0.25) is 6.79 Å². The topological polar surface area (TPSA) is 56.3 Å². The van der Waals surface area contributed by atoms with E-state index in [1.54, 1.807) is 12.1 Å². The number of fused-ring (bicyclic) bond motifs is 2. The summed E-state index contributed by atoms with van der Waals surface area (Å²) in [4.78, 5) is 8.44. The van der Waals surface area contributed by atoms with Gasteiger partial charge in [0.25, 0.3) is 0 Å². The number of nitrogens with zero attached hydrogens (tertiary/aromatic N) is 2. The number of benzene rings is 2. The molecule has 1 N–H and O–H groups in total. The van der Waals surface area contributed by atoms with Crippen molar-refractivity contribution in [2.45, 2.75) is 0 Å². The smallest absolute Gasteiger partial charge is 0.231 e. The summed E-state index contributed by atoms with van der Waals surface area (Å²) in [6.45, 7) is 0.190. The van der Waals surface area contributed by atoms with Crippen molar-refractivity contribution in [1.29, 1.82) is 0 Å². The van der Waals surface area contributed by atoms with Crippen molar-refractivity contribution in [3.05, 3.63) is 47.5 Å². The Balaban J connectivity index is 1.79. The fourth-order valence-electron chi connectivity index (χ4n) is 2.26. The van der Waals surface area contributed by atoms with E-state index in [0.29, 0.717) is 23.0 Å². The molecule has 0 spiro atoms. The number of rotatable bonds is 2. The minimum Gasteiger partial charge on any atom is -0.454 e. The summed E-state index contributed by atoms with van der Waals surface area (Å²) in [6, 6.07) is 7.98. The average molecular weight is 318 g/mol. The Labute approximate surface area is 129 Å². The van der Waals surface area contributed by atoms with Crippen molar-refractivity contribution in [3.63, 3.8) is 0 Å². The van der Waals surface area contributed by atoms with Gasteiger partial charge in [0.15, 0.2) is 11.5 Å². The Hall–Kier alpha value is -2.60. The van der Waals surface area contributed by atoms with E-state index in [4.69, 9.17) is 21.1 Å². The monoisotopic (exact) mass is 317 g/mol. The van der Waals surface area contributed by atoms with Crippen LogP contribution in [-0.2, 0) is 0 Å². The number of anilines is 2. The van der Waals surface area contributed by atoms with Gasteiger partial charge in [-0.15, -0.1) is 0 Å². The molecular formula is C15H9ClFN3O2. The third-order valence-electron chi connectivity index (χ3n) is 3.31. The van der Waals surface area contributed by atoms with E-state index in [1.807, 2.05) is 6.07 Å². The molecule has 1 aliphatic rings. The van der Waals surface area contributed by atoms with E-state index in [9.17, 15) is 4.39 Å². The SMILES string of the molecule is Fc1ccc(Nc2ncnc3cc4c(cc23)OCO4)cc1Cl. The van der Waals surface area contributed by atoms with Crippen LogP contribution >= 0.6 is 11.6 Å². The molecule has 0 saturated carbocycles. The molecular weight excluding hydrogens is 309 g/mol. The number of nitrogens with one attached hydrogen (secondary N) is 1. The van der Waals surface area contributed by atoms with Crippen LogP contribution in [0.5, 0.6) is 11.5 Å². The van der Waals surface area contributed by atoms with Crippen LogP contribution in [0.25, 0.3) is 10.9 Å². The maximum Gasteiger partial charge on any atom is 0.231 e. The quantitative estimate of drug-likeness (QED) is 0.777. The number of hydrogen-bond donors (Lipinski definition) is 1. The Morgan fingerprint density at radius 2 is 1.91 bits per heavy atom. The first-order valence-corrected chi connectivity index (χ1v) is 6.85. The largest absolute Gasteiger partial charge is 0.454 e. The molecule has 0 bridgehead atoms. The van der Waals surface area contributed by atoms with Crippen LogP contribution in [0.2, 0.25) is 5.02 Å². The molecule has 22 heavy (non-hydrogen) atoms. The lowest BCUT2D eigenvalue weighted by molar-refractivity contribution is 0.174. The zero-order chi connectivity index (χ0) is 15.1. The lowest BCUT2D eigenvalue weighted by Crippen LogP contribution is -1.96. The van der Waals surface area contributed by atoms with E-state index < -0.39 is 5.82 Å². The third-order valence-corrected chi connectivity index (χ3v) is 3.60. The van der Waals surface area contributed by atoms with Gasteiger partial charge in [-0.2, -0.15) is 0 Å². The van der Waals surface area contributed by atoms with Crippen LogP contribution < -0.4 is 14.8 Å². The molecule has 5 nitrogen and oxygen atoms in total. The van der Waals surface area contributed by atoms with Gasteiger partial charge in [0.1, 0.15) is 18.0 Å². The van der Waals surface area contributed by atoms with Crippen LogP contribution in [0.4, 0.5) is 15.9 Å². The Kier molecular flexibility index (Phi) is 2.97. The molecule has 1 aliphatic heterocycles. The normalized spacial score (nSPS) is 12.6. The van der Waals surface area contributed by atoms with E-state index in [1.165, 1.54) is 18.5 Å². The zero-order valence-corrected chi connectivity index (χ0v) is 11.9. The molecule has 0 radical (unpaired) electrons. The van der Waals surface area contributed by atoms with Gasteiger partial charge in [-0.25, -0.2) is 14.4 Å². The molecule has 2 heterocycles. The Morgan fingerprint density at radius 1 is 1.09 bits per heavy atom. The first-order valence-electron chi connectivity index (χ1n) is 6.47. The number of aromatic nitrogens is 2. The second kappa shape index (κ2) is 4.99. The molecule has 7 heteroatoms. The summed E-state index contributed by atoms with van der Waals surface area (Å²) in [5.74, 6) is 1.40. The predicted molar refractivity (Wildman–Crippen MR) is 80.4 cm³/mol. The van der Waals surface area contributed by atoms with E-state index in [-0.39, 0.29) is 11.8 Å².